The molecular weight excluding hydrogens is 585 g/mol. The van der Waals surface area contributed by atoms with E-state index < -0.39 is 10.0 Å². The molecule has 0 aliphatic heterocycles. The Kier molecular flexibility index (Phi) is 7.15. The fraction of sp³-hybridized carbons (Fsp3) is 0.156. The van der Waals surface area contributed by atoms with E-state index in [1.807, 2.05) is 55.6 Å². The molecule has 43 heavy (non-hydrogen) atoms. The van der Waals surface area contributed by atoms with Crippen LogP contribution < -0.4 is 14.4 Å². The number of anilines is 1. The molecule has 0 unspecified atom stereocenters. The van der Waals surface area contributed by atoms with Gasteiger partial charge in [0, 0.05) is 65.7 Å². The van der Waals surface area contributed by atoms with Crippen molar-refractivity contribution < 1.29 is 22.4 Å². The van der Waals surface area contributed by atoms with Gasteiger partial charge in [0.05, 0.1) is 34.9 Å². The number of carbonyl (C=O) groups is 1. The minimum absolute atomic E-state index is 0.322. The number of carbonyl (C=O) groups excluding carboxylic acids is 1. The van der Waals surface area contributed by atoms with Crippen molar-refractivity contribution in [1.82, 2.24) is 15.3 Å². The highest BCUT2D eigenvalue weighted by Crippen LogP contribution is 2.44. The zero-order chi connectivity index (χ0) is 30.5. The molecule has 218 valence electrons. The van der Waals surface area contributed by atoms with Crippen molar-refractivity contribution in [3.05, 3.63) is 84.3 Å². The Balaban J connectivity index is 1.64. The molecule has 11 heteroatoms. The third kappa shape index (κ3) is 5.10. The number of amides is 1. The molecule has 0 radical (unpaired) electrons. The van der Waals surface area contributed by atoms with E-state index >= 15 is 0 Å². The second-order valence-corrected chi connectivity index (χ2v) is 13.2. The first kappa shape index (κ1) is 28.4. The van der Waals surface area contributed by atoms with E-state index in [9.17, 15) is 13.2 Å². The molecule has 0 bridgehead atoms. The first-order valence-corrected chi connectivity index (χ1v) is 16.0. The van der Waals surface area contributed by atoms with Crippen molar-refractivity contribution in [2.45, 2.75) is 6.92 Å². The van der Waals surface area contributed by atoms with E-state index in [1.54, 1.807) is 50.0 Å². The van der Waals surface area contributed by atoms with Gasteiger partial charge in [0.25, 0.3) is 5.91 Å². The number of fused-ring (bicyclic) bond motifs is 2. The minimum Gasteiger partial charge on any atom is -0.481 e. The van der Waals surface area contributed by atoms with Crippen LogP contribution in [0.4, 0.5) is 5.69 Å². The number of ether oxygens (including phenoxy) is 1. The summed E-state index contributed by atoms with van der Waals surface area (Å²) in [6.45, 7) is 1.98. The third-order valence-corrected chi connectivity index (χ3v) is 9.67. The SMILES string of the molecule is CNC(=O)c1c(-c2ccc(C)cc2)oc2cc(N(C)S(C)(=O)=O)c(-c3cnc(OC)c(-c4cc5ccncc5s4)c3)cc12. The molecular formula is C32H28N4O5S2. The number of sulfonamides is 1. The number of nitrogens with zero attached hydrogens (tertiary/aromatic N) is 3. The van der Waals surface area contributed by atoms with Crippen molar-refractivity contribution in [3.63, 3.8) is 0 Å². The van der Waals surface area contributed by atoms with Gasteiger partial charge in [-0.2, -0.15) is 0 Å². The normalized spacial score (nSPS) is 11.7. The summed E-state index contributed by atoms with van der Waals surface area (Å²) in [5.41, 5.74) is 4.85. The summed E-state index contributed by atoms with van der Waals surface area (Å²) in [7, 11) is 0.941. The van der Waals surface area contributed by atoms with E-state index in [1.165, 1.54) is 11.4 Å². The van der Waals surface area contributed by atoms with Crippen LogP contribution in [0.15, 0.2) is 77.6 Å². The van der Waals surface area contributed by atoms with Gasteiger partial charge in [-0.15, -0.1) is 11.3 Å². The maximum atomic E-state index is 13.3. The molecule has 6 rings (SSSR count). The van der Waals surface area contributed by atoms with Crippen molar-refractivity contribution in [2.24, 2.45) is 0 Å². The molecule has 0 aliphatic carbocycles. The van der Waals surface area contributed by atoms with Gasteiger partial charge in [0.15, 0.2) is 0 Å². The maximum absolute atomic E-state index is 13.3. The zero-order valence-corrected chi connectivity index (χ0v) is 25.8. The Morgan fingerprint density at radius 3 is 2.47 bits per heavy atom. The highest BCUT2D eigenvalue weighted by atomic mass is 32.2. The van der Waals surface area contributed by atoms with Gasteiger partial charge in [0.2, 0.25) is 15.9 Å². The molecule has 0 aliphatic rings. The summed E-state index contributed by atoms with van der Waals surface area (Å²) in [6.07, 6.45) is 6.33. The number of thiophene rings is 1. The van der Waals surface area contributed by atoms with Crippen molar-refractivity contribution in [2.75, 3.05) is 31.8 Å². The smallest absolute Gasteiger partial charge is 0.255 e. The van der Waals surface area contributed by atoms with Crippen LogP contribution in [-0.4, -0.2) is 51.8 Å². The van der Waals surface area contributed by atoms with Gasteiger partial charge in [-0.05, 0) is 36.6 Å². The predicted molar refractivity (Wildman–Crippen MR) is 171 cm³/mol. The molecule has 0 spiro atoms. The Morgan fingerprint density at radius 2 is 1.79 bits per heavy atom. The molecule has 4 heterocycles. The van der Waals surface area contributed by atoms with Gasteiger partial charge >= 0.3 is 0 Å². The number of hydrogen-bond donors (Lipinski definition) is 1. The lowest BCUT2D eigenvalue weighted by molar-refractivity contribution is 0.0964. The lowest BCUT2D eigenvalue weighted by Gasteiger charge is -2.21. The average molecular weight is 613 g/mol. The van der Waals surface area contributed by atoms with Crippen molar-refractivity contribution in [3.8, 4) is 38.8 Å². The first-order valence-electron chi connectivity index (χ1n) is 13.3. The number of nitrogens with one attached hydrogen (secondary N) is 1. The Morgan fingerprint density at radius 1 is 1.02 bits per heavy atom. The van der Waals surface area contributed by atoms with Crippen LogP contribution in [-0.2, 0) is 10.0 Å². The zero-order valence-electron chi connectivity index (χ0n) is 24.1. The highest BCUT2D eigenvalue weighted by Gasteiger charge is 2.26. The maximum Gasteiger partial charge on any atom is 0.255 e. The van der Waals surface area contributed by atoms with Gasteiger partial charge in [-0.3, -0.25) is 14.1 Å². The van der Waals surface area contributed by atoms with E-state index in [4.69, 9.17) is 9.15 Å². The van der Waals surface area contributed by atoms with Gasteiger partial charge < -0.3 is 14.5 Å². The summed E-state index contributed by atoms with van der Waals surface area (Å²) >= 11 is 1.56. The van der Waals surface area contributed by atoms with Crippen LogP contribution in [0.25, 0.3) is 53.9 Å². The Bertz CT molecular complexity index is 2100. The summed E-state index contributed by atoms with van der Waals surface area (Å²) < 4.78 is 39.7. The van der Waals surface area contributed by atoms with Gasteiger partial charge in [0.1, 0.15) is 11.3 Å². The predicted octanol–water partition coefficient (Wildman–Crippen LogP) is 6.51. The van der Waals surface area contributed by atoms with Gasteiger partial charge in [-0.1, -0.05) is 29.8 Å². The second-order valence-electron chi connectivity index (χ2n) is 10.2. The molecule has 1 N–H and O–H groups in total. The number of hydrogen-bond acceptors (Lipinski definition) is 8. The minimum atomic E-state index is -3.67. The molecule has 2 aromatic carbocycles. The van der Waals surface area contributed by atoms with Crippen LogP contribution in [0, 0.1) is 6.92 Å². The molecule has 0 saturated heterocycles. The van der Waals surface area contributed by atoms with E-state index in [0.717, 1.165) is 37.9 Å². The number of furan rings is 1. The number of methoxy groups -OCH3 is 1. The first-order chi connectivity index (χ1) is 20.6. The fourth-order valence-corrected chi connectivity index (χ4v) is 6.56. The topological polar surface area (TPSA) is 115 Å². The highest BCUT2D eigenvalue weighted by molar-refractivity contribution is 7.92. The largest absolute Gasteiger partial charge is 0.481 e. The van der Waals surface area contributed by atoms with Crippen LogP contribution in [0.5, 0.6) is 5.88 Å². The molecule has 0 saturated carbocycles. The van der Waals surface area contributed by atoms with E-state index in [0.29, 0.717) is 45.0 Å². The summed E-state index contributed by atoms with van der Waals surface area (Å²) in [6, 6.07) is 17.0. The third-order valence-electron chi connectivity index (χ3n) is 7.35. The van der Waals surface area contributed by atoms with E-state index in [2.05, 4.69) is 15.3 Å². The van der Waals surface area contributed by atoms with Crippen LogP contribution in [0.2, 0.25) is 0 Å². The summed E-state index contributed by atoms with van der Waals surface area (Å²) in [5.74, 6) is 0.502. The van der Waals surface area contributed by atoms with Crippen molar-refractivity contribution >= 4 is 54.0 Å². The number of aromatic nitrogens is 2. The Hall–Kier alpha value is -4.74. The number of rotatable bonds is 7. The molecule has 9 nitrogen and oxygen atoms in total. The average Bonchev–Trinajstić information content (AvgIpc) is 3.61. The van der Waals surface area contributed by atoms with Crippen LogP contribution in [0.3, 0.4) is 0 Å². The number of pyridine rings is 2. The number of aryl methyl sites for hydroxylation is 1. The molecule has 4 aromatic heterocycles. The second kappa shape index (κ2) is 10.8. The molecule has 0 fully saturated rings. The molecule has 0 atom stereocenters. The van der Waals surface area contributed by atoms with Gasteiger partial charge in [-0.25, -0.2) is 13.4 Å². The monoisotopic (exact) mass is 612 g/mol. The lowest BCUT2D eigenvalue weighted by Crippen LogP contribution is -2.25. The quantitative estimate of drug-likeness (QED) is 0.219. The van der Waals surface area contributed by atoms with Crippen LogP contribution >= 0.6 is 11.3 Å². The summed E-state index contributed by atoms with van der Waals surface area (Å²) in [4.78, 5) is 23.0. The number of benzene rings is 2. The standard InChI is InChI=1S/C32H28N4O5S2/c1-18-6-8-19(9-7-18)30-29(31(37)33-2)23-14-22(25(15-26(23)41-30)36(3)43(5,38)39)21-12-24(32(40-4)35-16-21)27-13-20-10-11-34-17-28(20)42-27/h6-17H,1-5H3,(H,33,37). The van der Waals surface area contributed by atoms with Crippen molar-refractivity contribution in [1.29, 1.82) is 0 Å². The lowest BCUT2D eigenvalue weighted by atomic mass is 9.98. The molecule has 6 aromatic rings. The Labute approximate surface area is 252 Å². The summed E-state index contributed by atoms with van der Waals surface area (Å²) in [5, 5.41) is 4.31. The molecule has 1 amide bonds. The van der Waals surface area contributed by atoms with E-state index in [-0.39, 0.29) is 5.91 Å². The fourth-order valence-electron chi connectivity index (χ4n) is 5.02. The van der Waals surface area contributed by atoms with Crippen LogP contribution in [0.1, 0.15) is 15.9 Å².